The van der Waals surface area contributed by atoms with Crippen LogP contribution in [0.5, 0.6) is 0 Å². The summed E-state index contributed by atoms with van der Waals surface area (Å²) in [7, 11) is 0. The summed E-state index contributed by atoms with van der Waals surface area (Å²) >= 11 is 0. The Hall–Kier alpha value is -1.10. The summed E-state index contributed by atoms with van der Waals surface area (Å²) in [6.07, 6.45) is 1.82. The zero-order chi connectivity index (χ0) is 16.2. The zero-order valence-corrected chi connectivity index (χ0v) is 13.9. The molecule has 4 unspecified atom stereocenters. The fraction of sp³-hybridized carbons (Fsp3) is 0.875. The summed E-state index contributed by atoms with van der Waals surface area (Å²) in [5.74, 6) is -0.866. The van der Waals surface area contributed by atoms with E-state index in [4.69, 9.17) is 0 Å². The average molecular weight is 298 g/mol. The maximum atomic E-state index is 12.1. The molecule has 3 N–H and O–H groups in total. The number of hydrogen-bond acceptors (Lipinski definition) is 3. The molecule has 5 nitrogen and oxygen atoms in total. The second-order valence-electron chi connectivity index (χ2n) is 6.92. The predicted octanol–water partition coefficient (Wildman–Crippen LogP) is 2.02. The Morgan fingerprint density at radius 2 is 1.95 bits per heavy atom. The summed E-state index contributed by atoms with van der Waals surface area (Å²) in [5, 5.41) is 15.7. The molecule has 122 valence electrons. The third-order valence-electron chi connectivity index (χ3n) is 5.13. The first kappa shape index (κ1) is 18.0. The molecule has 0 bridgehead atoms. The van der Waals surface area contributed by atoms with E-state index >= 15 is 0 Å². The van der Waals surface area contributed by atoms with E-state index in [2.05, 4.69) is 10.6 Å². The van der Waals surface area contributed by atoms with Crippen molar-refractivity contribution in [3.8, 4) is 0 Å². The van der Waals surface area contributed by atoms with Crippen molar-refractivity contribution >= 4 is 11.9 Å². The van der Waals surface area contributed by atoms with Gasteiger partial charge >= 0.3 is 5.97 Å². The fourth-order valence-corrected chi connectivity index (χ4v) is 3.41. The van der Waals surface area contributed by atoms with E-state index in [9.17, 15) is 14.7 Å². The van der Waals surface area contributed by atoms with Crippen LogP contribution in [0.15, 0.2) is 0 Å². The molecule has 21 heavy (non-hydrogen) atoms. The minimum absolute atomic E-state index is 0.0462. The van der Waals surface area contributed by atoms with Gasteiger partial charge in [0, 0.05) is 18.5 Å². The molecule has 1 aliphatic carbocycles. The van der Waals surface area contributed by atoms with Gasteiger partial charge in [-0.15, -0.1) is 0 Å². The van der Waals surface area contributed by atoms with Crippen LogP contribution in [0, 0.1) is 17.3 Å². The number of amides is 1. The van der Waals surface area contributed by atoms with Crippen molar-refractivity contribution in [2.24, 2.45) is 17.3 Å². The number of hydrogen-bond donors (Lipinski definition) is 3. The van der Waals surface area contributed by atoms with E-state index in [1.807, 2.05) is 34.6 Å². The average Bonchev–Trinajstić information content (AvgIpc) is 2.34. The van der Waals surface area contributed by atoms with E-state index in [0.717, 1.165) is 13.0 Å². The second kappa shape index (κ2) is 7.25. The lowest BCUT2D eigenvalue weighted by atomic mass is 9.61. The molecule has 0 radical (unpaired) electrons. The van der Waals surface area contributed by atoms with Gasteiger partial charge in [0.25, 0.3) is 0 Å². The number of aliphatic carboxylic acids is 1. The molecule has 1 saturated carbocycles. The lowest BCUT2D eigenvalue weighted by Crippen LogP contribution is -2.52. The quantitative estimate of drug-likeness (QED) is 0.701. The molecule has 0 spiro atoms. The first-order chi connectivity index (χ1) is 9.70. The molecule has 0 heterocycles. The van der Waals surface area contributed by atoms with Gasteiger partial charge in [-0.25, -0.2) is 0 Å². The van der Waals surface area contributed by atoms with Crippen LogP contribution in [0.2, 0.25) is 0 Å². The third-order valence-corrected chi connectivity index (χ3v) is 5.13. The number of carbonyl (C=O) groups excluding carboxylic acids is 1. The summed E-state index contributed by atoms with van der Waals surface area (Å²) in [5.41, 5.74) is -0.310. The van der Waals surface area contributed by atoms with Crippen LogP contribution in [-0.2, 0) is 9.59 Å². The fourth-order valence-electron chi connectivity index (χ4n) is 3.41. The molecule has 0 aromatic rings. The Morgan fingerprint density at radius 1 is 1.33 bits per heavy atom. The van der Waals surface area contributed by atoms with E-state index in [0.29, 0.717) is 12.8 Å². The van der Waals surface area contributed by atoms with Gasteiger partial charge in [-0.1, -0.05) is 27.7 Å². The van der Waals surface area contributed by atoms with Crippen molar-refractivity contribution in [2.45, 2.75) is 66.0 Å². The number of rotatable bonds is 6. The summed E-state index contributed by atoms with van der Waals surface area (Å²) in [6.45, 7) is 10.9. The predicted molar refractivity (Wildman–Crippen MR) is 83.0 cm³/mol. The standard InChI is InChI=1S/C16H30N2O3/c1-6-17-10(2)9-14(19)18-13-8-7-12(15(20)21)16(4,5)11(13)3/h10-13,17H,6-9H2,1-5H3,(H,18,19)(H,20,21). The van der Waals surface area contributed by atoms with Crippen molar-refractivity contribution in [3.63, 3.8) is 0 Å². The van der Waals surface area contributed by atoms with E-state index in [-0.39, 0.29) is 35.2 Å². The SMILES string of the molecule is CCNC(C)CC(=O)NC1CCC(C(=O)O)C(C)(C)C1C. The Balaban J connectivity index is 2.62. The summed E-state index contributed by atoms with van der Waals surface area (Å²) in [4.78, 5) is 23.5. The lowest BCUT2D eigenvalue weighted by molar-refractivity contribution is -0.150. The number of carboxylic acid groups (broad SMARTS) is 1. The van der Waals surface area contributed by atoms with Gasteiger partial charge in [0.1, 0.15) is 0 Å². The van der Waals surface area contributed by atoms with E-state index in [1.54, 1.807) is 0 Å². The first-order valence-electron chi connectivity index (χ1n) is 7.95. The van der Waals surface area contributed by atoms with Crippen LogP contribution in [0.1, 0.15) is 53.9 Å². The second-order valence-corrected chi connectivity index (χ2v) is 6.92. The molecular weight excluding hydrogens is 268 g/mol. The zero-order valence-electron chi connectivity index (χ0n) is 13.9. The topological polar surface area (TPSA) is 78.4 Å². The highest BCUT2D eigenvalue weighted by atomic mass is 16.4. The molecule has 0 aromatic heterocycles. The van der Waals surface area contributed by atoms with Crippen molar-refractivity contribution in [1.29, 1.82) is 0 Å². The molecule has 1 aliphatic rings. The van der Waals surface area contributed by atoms with Crippen LogP contribution in [0.25, 0.3) is 0 Å². The van der Waals surface area contributed by atoms with Gasteiger partial charge in [-0.05, 0) is 37.6 Å². The molecule has 5 heteroatoms. The Morgan fingerprint density at radius 3 is 2.48 bits per heavy atom. The van der Waals surface area contributed by atoms with Crippen molar-refractivity contribution < 1.29 is 14.7 Å². The van der Waals surface area contributed by atoms with Gasteiger partial charge < -0.3 is 15.7 Å². The number of carbonyl (C=O) groups is 2. The van der Waals surface area contributed by atoms with Crippen LogP contribution < -0.4 is 10.6 Å². The molecule has 4 atom stereocenters. The smallest absolute Gasteiger partial charge is 0.307 e. The highest BCUT2D eigenvalue weighted by Gasteiger charge is 2.46. The number of nitrogens with one attached hydrogen (secondary N) is 2. The van der Waals surface area contributed by atoms with Gasteiger partial charge in [0.2, 0.25) is 5.91 Å². The lowest BCUT2D eigenvalue weighted by Gasteiger charge is -2.46. The van der Waals surface area contributed by atoms with E-state index in [1.165, 1.54) is 0 Å². The molecule has 0 saturated heterocycles. The molecule has 1 amide bonds. The Bertz CT molecular complexity index is 382. The third kappa shape index (κ3) is 4.43. The normalized spacial score (nSPS) is 29.7. The van der Waals surface area contributed by atoms with Gasteiger partial charge in [0.15, 0.2) is 0 Å². The maximum absolute atomic E-state index is 12.1. The van der Waals surface area contributed by atoms with Crippen molar-refractivity contribution in [1.82, 2.24) is 10.6 Å². The summed E-state index contributed by atoms with van der Waals surface area (Å²) in [6, 6.07) is 0.227. The highest BCUT2D eigenvalue weighted by molar-refractivity contribution is 5.77. The van der Waals surface area contributed by atoms with E-state index < -0.39 is 5.97 Å². The first-order valence-corrected chi connectivity index (χ1v) is 7.95. The largest absolute Gasteiger partial charge is 0.481 e. The van der Waals surface area contributed by atoms with Crippen molar-refractivity contribution in [2.75, 3.05) is 6.54 Å². The minimum atomic E-state index is -0.725. The van der Waals surface area contributed by atoms with Gasteiger partial charge in [0.05, 0.1) is 5.92 Å². The monoisotopic (exact) mass is 298 g/mol. The van der Waals surface area contributed by atoms with Crippen LogP contribution in [-0.4, -0.2) is 35.6 Å². The molecule has 0 aliphatic heterocycles. The Kier molecular flexibility index (Phi) is 6.20. The van der Waals surface area contributed by atoms with Gasteiger partial charge in [-0.2, -0.15) is 0 Å². The van der Waals surface area contributed by atoms with Crippen molar-refractivity contribution in [3.05, 3.63) is 0 Å². The Labute approximate surface area is 127 Å². The molecule has 1 rings (SSSR count). The molecule has 1 fully saturated rings. The molecule has 0 aromatic carbocycles. The summed E-state index contributed by atoms with van der Waals surface area (Å²) < 4.78 is 0. The minimum Gasteiger partial charge on any atom is -0.481 e. The molecular formula is C16H30N2O3. The van der Waals surface area contributed by atoms with Gasteiger partial charge in [-0.3, -0.25) is 9.59 Å². The van der Waals surface area contributed by atoms with Crippen LogP contribution >= 0.6 is 0 Å². The van der Waals surface area contributed by atoms with Crippen LogP contribution in [0.4, 0.5) is 0 Å². The van der Waals surface area contributed by atoms with Crippen LogP contribution in [0.3, 0.4) is 0 Å². The number of carboxylic acids is 1. The maximum Gasteiger partial charge on any atom is 0.307 e. The highest BCUT2D eigenvalue weighted by Crippen LogP contribution is 2.45.